The summed E-state index contributed by atoms with van der Waals surface area (Å²) in [4.78, 5) is 14.1. The zero-order valence-corrected chi connectivity index (χ0v) is 13.4. The van der Waals surface area contributed by atoms with Gasteiger partial charge in [0.25, 0.3) is 0 Å². The molecule has 0 heterocycles. The SMILES string of the molecule is CCN(C(=O)Nc1c(Cl)cccc1Cl)c1cccc(C)c1. The maximum Gasteiger partial charge on any atom is 0.326 e. The van der Waals surface area contributed by atoms with Crippen LogP contribution in [0.25, 0.3) is 0 Å². The van der Waals surface area contributed by atoms with Crippen LogP contribution in [0.3, 0.4) is 0 Å². The maximum atomic E-state index is 12.5. The Labute approximate surface area is 134 Å². The summed E-state index contributed by atoms with van der Waals surface area (Å²) in [5, 5.41) is 3.60. The third-order valence-corrected chi connectivity index (χ3v) is 3.70. The van der Waals surface area contributed by atoms with Crippen LogP contribution >= 0.6 is 23.2 Å². The Bertz CT molecular complexity index is 638. The van der Waals surface area contributed by atoms with Crippen molar-refractivity contribution in [2.75, 3.05) is 16.8 Å². The molecule has 2 rings (SSSR count). The largest absolute Gasteiger partial charge is 0.326 e. The first-order chi connectivity index (χ1) is 10.0. The fourth-order valence-corrected chi connectivity index (χ4v) is 2.52. The Morgan fingerprint density at radius 3 is 2.33 bits per heavy atom. The molecule has 0 saturated carbocycles. The minimum absolute atomic E-state index is 0.266. The van der Waals surface area contributed by atoms with Crippen molar-refractivity contribution in [3.63, 3.8) is 0 Å². The number of nitrogens with zero attached hydrogens (tertiary/aromatic N) is 1. The van der Waals surface area contributed by atoms with Gasteiger partial charge < -0.3 is 5.32 Å². The summed E-state index contributed by atoms with van der Waals surface area (Å²) in [5.41, 5.74) is 2.35. The molecule has 21 heavy (non-hydrogen) atoms. The summed E-state index contributed by atoms with van der Waals surface area (Å²) in [6.07, 6.45) is 0. The molecule has 2 aromatic carbocycles. The molecule has 110 valence electrons. The number of amides is 2. The average Bonchev–Trinajstić information content (AvgIpc) is 2.44. The van der Waals surface area contributed by atoms with Gasteiger partial charge >= 0.3 is 6.03 Å². The second-order valence-electron chi connectivity index (χ2n) is 4.61. The predicted octanol–water partition coefficient (Wildman–Crippen LogP) is 5.36. The van der Waals surface area contributed by atoms with Crippen molar-refractivity contribution in [1.29, 1.82) is 0 Å². The highest BCUT2D eigenvalue weighted by Crippen LogP contribution is 2.30. The van der Waals surface area contributed by atoms with Crippen LogP contribution in [0.1, 0.15) is 12.5 Å². The highest BCUT2D eigenvalue weighted by Gasteiger charge is 2.16. The van der Waals surface area contributed by atoms with E-state index in [-0.39, 0.29) is 6.03 Å². The van der Waals surface area contributed by atoms with Crippen molar-refractivity contribution in [1.82, 2.24) is 0 Å². The lowest BCUT2D eigenvalue weighted by Gasteiger charge is -2.22. The highest BCUT2D eigenvalue weighted by molar-refractivity contribution is 6.39. The molecule has 0 aliphatic rings. The summed E-state index contributed by atoms with van der Waals surface area (Å²) >= 11 is 12.2. The number of hydrogen-bond donors (Lipinski definition) is 1. The first-order valence-electron chi connectivity index (χ1n) is 6.62. The van der Waals surface area contributed by atoms with E-state index in [1.165, 1.54) is 0 Å². The lowest BCUT2D eigenvalue weighted by atomic mass is 10.2. The fourth-order valence-electron chi connectivity index (χ4n) is 2.03. The lowest BCUT2D eigenvalue weighted by molar-refractivity contribution is 0.257. The smallest absolute Gasteiger partial charge is 0.305 e. The van der Waals surface area contributed by atoms with Crippen LogP contribution in [0.2, 0.25) is 10.0 Å². The number of urea groups is 1. The van der Waals surface area contributed by atoms with E-state index in [2.05, 4.69) is 5.32 Å². The molecule has 0 radical (unpaired) electrons. The highest BCUT2D eigenvalue weighted by atomic mass is 35.5. The molecule has 0 aliphatic carbocycles. The number of rotatable bonds is 3. The lowest BCUT2D eigenvalue weighted by Crippen LogP contribution is -2.35. The van der Waals surface area contributed by atoms with Gasteiger partial charge in [-0.25, -0.2) is 4.79 Å². The zero-order valence-electron chi connectivity index (χ0n) is 11.9. The van der Waals surface area contributed by atoms with Gasteiger partial charge in [-0.05, 0) is 43.7 Å². The van der Waals surface area contributed by atoms with E-state index in [1.807, 2.05) is 38.1 Å². The zero-order chi connectivity index (χ0) is 15.4. The Morgan fingerprint density at radius 2 is 1.76 bits per heavy atom. The van der Waals surface area contributed by atoms with Gasteiger partial charge in [0.05, 0.1) is 15.7 Å². The van der Waals surface area contributed by atoms with Crippen LogP contribution in [-0.2, 0) is 0 Å². The van der Waals surface area contributed by atoms with E-state index in [0.29, 0.717) is 22.3 Å². The Hall–Kier alpha value is -1.71. The van der Waals surface area contributed by atoms with Crippen molar-refractivity contribution in [2.24, 2.45) is 0 Å². The molecule has 0 aliphatic heterocycles. The first-order valence-corrected chi connectivity index (χ1v) is 7.37. The predicted molar refractivity (Wildman–Crippen MR) is 89.7 cm³/mol. The quantitative estimate of drug-likeness (QED) is 0.810. The summed E-state index contributed by atoms with van der Waals surface area (Å²) in [7, 11) is 0. The van der Waals surface area contributed by atoms with Gasteiger partial charge in [-0.1, -0.05) is 41.4 Å². The van der Waals surface area contributed by atoms with Crippen LogP contribution in [0, 0.1) is 6.92 Å². The number of halogens is 2. The fraction of sp³-hybridized carbons (Fsp3) is 0.188. The van der Waals surface area contributed by atoms with E-state index in [0.717, 1.165) is 11.3 Å². The van der Waals surface area contributed by atoms with Crippen molar-refractivity contribution >= 4 is 40.6 Å². The molecule has 0 atom stereocenters. The third-order valence-electron chi connectivity index (χ3n) is 3.07. The molecule has 2 aromatic rings. The second kappa shape index (κ2) is 6.83. The van der Waals surface area contributed by atoms with E-state index in [4.69, 9.17) is 23.2 Å². The van der Waals surface area contributed by atoms with Gasteiger partial charge in [-0.3, -0.25) is 4.90 Å². The van der Waals surface area contributed by atoms with Gasteiger partial charge in [0.15, 0.2) is 0 Å². The van der Waals surface area contributed by atoms with Gasteiger partial charge in [0.2, 0.25) is 0 Å². The van der Waals surface area contributed by atoms with Crippen molar-refractivity contribution in [2.45, 2.75) is 13.8 Å². The van der Waals surface area contributed by atoms with Crippen molar-refractivity contribution in [3.8, 4) is 0 Å². The van der Waals surface area contributed by atoms with Crippen LogP contribution < -0.4 is 10.2 Å². The second-order valence-corrected chi connectivity index (χ2v) is 5.42. The Morgan fingerprint density at radius 1 is 1.14 bits per heavy atom. The summed E-state index contributed by atoms with van der Waals surface area (Å²) < 4.78 is 0. The van der Waals surface area contributed by atoms with Crippen LogP contribution in [-0.4, -0.2) is 12.6 Å². The summed E-state index contributed by atoms with van der Waals surface area (Å²) in [6, 6.07) is 12.6. The number of aryl methyl sites for hydroxylation is 1. The molecule has 2 amide bonds. The molecular weight excluding hydrogens is 307 g/mol. The standard InChI is InChI=1S/C16H16Cl2N2O/c1-3-20(12-7-4-6-11(2)10-12)16(21)19-15-13(17)8-5-9-14(15)18/h4-10H,3H2,1-2H3,(H,19,21). The number of anilines is 2. The number of benzene rings is 2. The van der Waals surface area contributed by atoms with Gasteiger partial charge in [-0.2, -0.15) is 0 Å². The summed E-state index contributed by atoms with van der Waals surface area (Å²) in [5.74, 6) is 0. The molecule has 0 bridgehead atoms. The topological polar surface area (TPSA) is 32.3 Å². The van der Waals surface area contributed by atoms with Crippen molar-refractivity contribution < 1.29 is 4.79 Å². The van der Waals surface area contributed by atoms with Gasteiger partial charge in [-0.15, -0.1) is 0 Å². The van der Waals surface area contributed by atoms with Crippen LogP contribution in [0.5, 0.6) is 0 Å². The monoisotopic (exact) mass is 322 g/mol. The minimum atomic E-state index is -0.266. The number of para-hydroxylation sites is 1. The third kappa shape index (κ3) is 3.69. The molecule has 5 heteroatoms. The average molecular weight is 323 g/mol. The Balaban J connectivity index is 2.25. The maximum absolute atomic E-state index is 12.5. The van der Waals surface area contributed by atoms with E-state index in [9.17, 15) is 4.79 Å². The number of hydrogen-bond acceptors (Lipinski definition) is 1. The molecule has 3 nitrogen and oxygen atoms in total. The molecular formula is C16H16Cl2N2O. The molecule has 0 saturated heterocycles. The molecule has 0 aromatic heterocycles. The van der Waals surface area contributed by atoms with Crippen LogP contribution in [0.4, 0.5) is 16.2 Å². The minimum Gasteiger partial charge on any atom is -0.305 e. The number of nitrogens with one attached hydrogen (secondary N) is 1. The van der Waals surface area contributed by atoms with Gasteiger partial charge in [0.1, 0.15) is 0 Å². The van der Waals surface area contributed by atoms with Crippen molar-refractivity contribution in [3.05, 3.63) is 58.1 Å². The van der Waals surface area contributed by atoms with Gasteiger partial charge in [0, 0.05) is 12.2 Å². The van der Waals surface area contributed by atoms with E-state index < -0.39 is 0 Å². The number of carbonyl (C=O) groups excluding carboxylic acids is 1. The molecule has 0 unspecified atom stereocenters. The van der Waals surface area contributed by atoms with E-state index in [1.54, 1.807) is 23.1 Å². The number of carbonyl (C=O) groups is 1. The summed E-state index contributed by atoms with van der Waals surface area (Å²) in [6.45, 7) is 4.44. The van der Waals surface area contributed by atoms with Crippen LogP contribution in [0.15, 0.2) is 42.5 Å². The normalized spacial score (nSPS) is 10.3. The van der Waals surface area contributed by atoms with E-state index >= 15 is 0 Å². The molecule has 0 fully saturated rings. The molecule has 1 N–H and O–H groups in total. The Kier molecular flexibility index (Phi) is 5.10. The molecule has 0 spiro atoms. The first kappa shape index (κ1) is 15.7.